The molecule has 0 spiro atoms. The molecule has 28 heavy (non-hydrogen) atoms. The van der Waals surface area contributed by atoms with Crippen LogP contribution in [0.3, 0.4) is 0 Å². The van der Waals surface area contributed by atoms with Gasteiger partial charge in [-0.15, -0.1) is 0 Å². The van der Waals surface area contributed by atoms with Gasteiger partial charge < -0.3 is 9.64 Å². The summed E-state index contributed by atoms with van der Waals surface area (Å²) in [6.07, 6.45) is -1.64. The molecule has 0 saturated carbocycles. The van der Waals surface area contributed by atoms with E-state index in [4.69, 9.17) is 4.74 Å². The van der Waals surface area contributed by atoms with Crippen LogP contribution in [0.5, 0.6) is 5.75 Å². The summed E-state index contributed by atoms with van der Waals surface area (Å²) in [4.78, 5) is 12.7. The number of hydrogen-bond donors (Lipinski definition) is 0. The van der Waals surface area contributed by atoms with Gasteiger partial charge in [-0.05, 0) is 24.1 Å². The summed E-state index contributed by atoms with van der Waals surface area (Å²) in [7, 11) is 0. The number of benzene rings is 1. The second kappa shape index (κ2) is 7.58. The molecule has 1 aromatic heterocycles. The Labute approximate surface area is 162 Å². The molecule has 4 rings (SSSR count). The molecule has 0 bridgehead atoms. The molecule has 0 radical (unpaired) electrons. The molecule has 1 aromatic carbocycles. The van der Waals surface area contributed by atoms with E-state index < -0.39 is 12.6 Å². The molecule has 2 atom stereocenters. The number of hydrogen-bond acceptors (Lipinski definition) is 5. The minimum Gasteiger partial charge on any atom is -0.488 e. The van der Waals surface area contributed by atoms with Crippen molar-refractivity contribution in [3.63, 3.8) is 0 Å². The van der Waals surface area contributed by atoms with E-state index in [0.717, 1.165) is 38.3 Å². The van der Waals surface area contributed by atoms with Crippen molar-refractivity contribution in [2.45, 2.75) is 38.1 Å². The fourth-order valence-corrected chi connectivity index (χ4v) is 3.88. The summed E-state index contributed by atoms with van der Waals surface area (Å²) < 4.78 is 43.5. The zero-order valence-electron chi connectivity index (χ0n) is 15.7. The van der Waals surface area contributed by atoms with Crippen molar-refractivity contribution in [1.29, 1.82) is 0 Å². The first kappa shape index (κ1) is 19.0. The summed E-state index contributed by atoms with van der Waals surface area (Å²) in [5.74, 6) is 1.47. The first-order valence-electron chi connectivity index (χ1n) is 9.50. The van der Waals surface area contributed by atoms with Gasteiger partial charge in [0, 0.05) is 51.0 Å². The summed E-state index contributed by atoms with van der Waals surface area (Å²) in [6.45, 7) is 5.34. The standard InChI is InChI=1S/C20H23F3N4O/c1-14(18-10-16-4-2-3-5-17(16)28-18)26-6-8-27(9-7-26)19-24-12-15(13-25-19)11-20(21,22)23/h2-5,12-14,18H,6-11H2,1H3. The smallest absolute Gasteiger partial charge is 0.393 e. The average Bonchev–Trinajstić information content (AvgIpc) is 3.11. The molecular formula is C20H23F3N4O. The fourth-order valence-electron chi connectivity index (χ4n) is 3.88. The molecule has 150 valence electrons. The molecule has 3 heterocycles. The van der Waals surface area contributed by atoms with Crippen LogP contribution in [-0.2, 0) is 12.8 Å². The molecular weight excluding hydrogens is 369 g/mol. The molecule has 2 aliphatic heterocycles. The van der Waals surface area contributed by atoms with E-state index in [1.54, 1.807) is 0 Å². The monoisotopic (exact) mass is 392 g/mol. The van der Waals surface area contributed by atoms with Crippen LogP contribution in [0, 0.1) is 0 Å². The number of nitrogens with zero attached hydrogens (tertiary/aromatic N) is 4. The number of rotatable bonds is 4. The van der Waals surface area contributed by atoms with E-state index in [0.29, 0.717) is 5.95 Å². The van der Waals surface area contributed by atoms with Crippen molar-refractivity contribution >= 4 is 5.95 Å². The van der Waals surface area contributed by atoms with Crippen molar-refractivity contribution in [2.24, 2.45) is 0 Å². The third-order valence-electron chi connectivity index (χ3n) is 5.48. The maximum atomic E-state index is 12.4. The highest BCUT2D eigenvalue weighted by Gasteiger charge is 2.33. The Morgan fingerprint density at radius 3 is 2.43 bits per heavy atom. The topological polar surface area (TPSA) is 41.5 Å². The summed E-state index contributed by atoms with van der Waals surface area (Å²) in [6, 6.07) is 8.43. The van der Waals surface area contributed by atoms with Crippen LogP contribution in [-0.4, -0.2) is 59.4 Å². The van der Waals surface area contributed by atoms with E-state index in [-0.39, 0.29) is 17.7 Å². The lowest BCUT2D eigenvalue weighted by atomic mass is 10.0. The Bertz CT molecular complexity index is 779. The van der Waals surface area contributed by atoms with Gasteiger partial charge >= 0.3 is 6.18 Å². The van der Waals surface area contributed by atoms with Gasteiger partial charge in [0.15, 0.2) is 0 Å². The number of anilines is 1. The molecule has 0 N–H and O–H groups in total. The molecule has 2 aliphatic rings. The number of piperazine rings is 1. The van der Waals surface area contributed by atoms with Crippen LogP contribution in [0.15, 0.2) is 36.7 Å². The van der Waals surface area contributed by atoms with Crippen LogP contribution < -0.4 is 9.64 Å². The molecule has 1 saturated heterocycles. The van der Waals surface area contributed by atoms with Crippen molar-refractivity contribution in [3.8, 4) is 5.75 Å². The van der Waals surface area contributed by atoms with Gasteiger partial charge in [-0.25, -0.2) is 9.97 Å². The summed E-state index contributed by atoms with van der Waals surface area (Å²) in [5, 5.41) is 0. The van der Waals surface area contributed by atoms with E-state index in [9.17, 15) is 13.2 Å². The van der Waals surface area contributed by atoms with Gasteiger partial charge in [-0.3, -0.25) is 4.90 Å². The van der Waals surface area contributed by atoms with E-state index in [2.05, 4.69) is 27.9 Å². The highest BCUT2D eigenvalue weighted by molar-refractivity contribution is 5.37. The fraction of sp³-hybridized carbons (Fsp3) is 0.500. The maximum Gasteiger partial charge on any atom is 0.393 e. The molecule has 2 aromatic rings. The normalized spacial score (nSPS) is 21.3. The minimum atomic E-state index is -4.24. The summed E-state index contributed by atoms with van der Waals surface area (Å²) >= 11 is 0. The minimum absolute atomic E-state index is 0.0847. The van der Waals surface area contributed by atoms with Crippen LogP contribution in [0.4, 0.5) is 19.1 Å². The number of alkyl halides is 3. The second-order valence-corrected chi connectivity index (χ2v) is 7.42. The molecule has 1 fully saturated rings. The van der Waals surface area contributed by atoms with Gasteiger partial charge in [-0.2, -0.15) is 13.2 Å². The highest BCUT2D eigenvalue weighted by atomic mass is 19.4. The van der Waals surface area contributed by atoms with Gasteiger partial charge in [0.2, 0.25) is 5.95 Å². The Morgan fingerprint density at radius 2 is 1.79 bits per heavy atom. The first-order chi connectivity index (χ1) is 13.4. The Balaban J connectivity index is 1.31. The number of para-hydroxylation sites is 1. The van der Waals surface area contributed by atoms with E-state index in [1.165, 1.54) is 18.0 Å². The van der Waals surface area contributed by atoms with Crippen molar-refractivity contribution in [3.05, 3.63) is 47.8 Å². The van der Waals surface area contributed by atoms with Crippen molar-refractivity contribution in [1.82, 2.24) is 14.9 Å². The predicted molar refractivity (Wildman–Crippen MR) is 99.6 cm³/mol. The van der Waals surface area contributed by atoms with Crippen molar-refractivity contribution < 1.29 is 17.9 Å². The first-order valence-corrected chi connectivity index (χ1v) is 9.50. The third-order valence-corrected chi connectivity index (χ3v) is 5.48. The SMILES string of the molecule is CC(C1Cc2ccccc2O1)N1CCN(c2ncc(CC(F)(F)F)cn2)CC1. The third kappa shape index (κ3) is 4.22. The number of ether oxygens (including phenoxy) is 1. The van der Waals surface area contributed by atoms with Crippen LogP contribution >= 0.6 is 0 Å². The van der Waals surface area contributed by atoms with Crippen LogP contribution in [0.2, 0.25) is 0 Å². The van der Waals surface area contributed by atoms with Gasteiger partial charge in [0.1, 0.15) is 11.9 Å². The van der Waals surface area contributed by atoms with Gasteiger partial charge in [-0.1, -0.05) is 18.2 Å². The average molecular weight is 392 g/mol. The van der Waals surface area contributed by atoms with Crippen molar-refractivity contribution in [2.75, 3.05) is 31.1 Å². The largest absolute Gasteiger partial charge is 0.488 e. The molecule has 0 amide bonds. The lowest BCUT2D eigenvalue weighted by Gasteiger charge is -2.39. The quantitative estimate of drug-likeness (QED) is 0.800. The maximum absolute atomic E-state index is 12.4. The Morgan fingerprint density at radius 1 is 1.11 bits per heavy atom. The lowest BCUT2D eigenvalue weighted by molar-refractivity contribution is -0.127. The highest BCUT2D eigenvalue weighted by Crippen LogP contribution is 2.31. The number of fused-ring (bicyclic) bond motifs is 1. The van der Waals surface area contributed by atoms with Gasteiger partial charge in [0.05, 0.1) is 6.42 Å². The van der Waals surface area contributed by atoms with Crippen LogP contribution in [0.25, 0.3) is 0 Å². The summed E-state index contributed by atoms with van der Waals surface area (Å²) in [5.41, 5.74) is 1.34. The predicted octanol–water partition coefficient (Wildman–Crippen LogP) is 3.10. The molecule has 2 unspecified atom stereocenters. The van der Waals surface area contributed by atoms with Gasteiger partial charge in [0.25, 0.3) is 0 Å². The zero-order valence-corrected chi connectivity index (χ0v) is 15.7. The molecule has 5 nitrogen and oxygen atoms in total. The zero-order chi connectivity index (χ0) is 19.7. The van der Waals surface area contributed by atoms with E-state index in [1.807, 2.05) is 23.1 Å². The second-order valence-electron chi connectivity index (χ2n) is 7.42. The Kier molecular flexibility index (Phi) is 5.14. The number of aromatic nitrogens is 2. The Hall–Kier alpha value is -2.35. The van der Waals surface area contributed by atoms with E-state index >= 15 is 0 Å². The van der Waals surface area contributed by atoms with Crippen LogP contribution in [0.1, 0.15) is 18.1 Å². The molecule has 0 aliphatic carbocycles. The lowest BCUT2D eigenvalue weighted by Crippen LogP contribution is -2.53. The molecule has 8 heteroatoms. The number of halogens is 3.